The Morgan fingerprint density at radius 2 is 2.30 bits per heavy atom. The second kappa shape index (κ2) is 5.73. The molecule has 2 heterocycles. The van der Waals surface area contributed by atoms with Crippen molar-refractivity contribution in [3.8, 4) is 0 Å². The number of aliphatic hydroxyl groups is 1. The van der Waals surface area contributed by atoms with Crippen molar-refractivity contribution in [1.29, 1.82) is 0 Å². The van der Waals surface area contributed by atoms with Crippen LogP contribution in [0, 0.1) is 0 Å². The number of thiophene rings is 1. The van der Waals surface area contributed by atoms with Gasteiger partial charge in [-0.3, -0.25) is 9.48 Å². The summed E-state index contributed by atoms with van der Waals surface area (Å²) in [4.78, 5) is 12.0. The van der Waals surface area contributed by atoms with E-state index in [0.29, 0.717) is 19.8 Å². The zero-order chi connectivity index (χ0) is 14.9. The van der Waals surface area contributed by atoms with E-state index < -0.39 is 5.60 Å². The number of aromatic nitrogens is 2. The van der Waals surface area contributed by atoms with Gasteiger partial charge in [0.2, 0.25) is 0 Å². The van der Waals surface area contributed by atoms with Crippen LogP contribution >= 0.6 is 34.5 Å². The SMILES string of the molecule is Cn1cc(C(C)(O)CNC(=O)c2cc(Cl)sc2Cl)cn1. The summed E-state index contributed by atoms with van der Waals surface area (Å²) in [7, 11) is 1.76. The highest BCUT2D eigenvalue weighted by Gasteiger charge is 2.26. The molecule has 0 fully saturated rings. The van der Waals surface area contributed by atoms with Crippen LogP contribution < -0.4 is 5.32 Å². The lowest BCUT2D eigenvalue weighted by Gasteiger charge is -2.22. The first-order valence-corrected chi connectivity index (χ1v) is 7.31. The molecule has 108 valence electrons. The Balaban J connectivity index is 2.04. The molecular formula is C12H13Cl2N3O2S. The van der Waals surface area contributed by atoms with Crippen molar-refractivity contribution in [1.82, 2.24) is 15.1 Å². The molecule has 2 rings (SSSR count). The number of halogens is 2. The first-order chi connectivity index (χ1) is 9.29. The van der Waals surface area contributed by atoms with Crippen molar-refractivity contribution in [3.05, 3.63) is 38.3 Å². The number of nitrogens with one attached hydrogen (secondary N) is 1. The number of carbonyl (C=O) groups is 1. The molecule has 1 amide bonds. The molecule has 1 atom stereocenters. The Kier molecular flexibility index (Phi) is 4.39. The molecule has 0 saturated heterocycles. The summed E-state index contributed by atoms with van der Waals surface area (Å²) in [6.45, 7) is 1.65. The van der Waals surface area contributed by atoms with Crippen LogP contribution in [-0.2, 0) is 12.6 Å². The second-order valence-corrected chi connectivity index (χ2v) is 6.88. The van der Waals surface area contributed by atoms with Gasteiger partial charge in [-0.25, -0.2) is 0 Å². The van der Waals surface area contributed by atoms with Crippen LogP contribution in [0.3, 0.4) is 0 Å². The van der Waals surface area contributed by atoms with Crippen LogP contribution in [0.1, 0.15) is 22.8 Å². The van der Waals surface area contributed by atoms with E-state index in [9.17, 15) is 9.90 Å². The summed E-state index contributed by atoms with van der Waals surface area (Å²) in [5.41, 5.74) is -0.283. The van der Waals surface area contributed by atoms with Crippen LogP contribution in [0.4, 0.5) is 0 Å². The molecule has 0 radical (unpaired) electrons. The van der Waals surface area contributed by atoms with Gasteiger partial charge in [-0.05, 0) is 13.0 Å². The molecular weight excluding hydrogens is 321 g/mol. The Hall–Kier alpha value is -1.08. The average Bonchev–Trinajstić information content (AvgIpc) is 2.93. The molecule has 0 aliphatic carbocycles. The van der Waals surface area contributed by atoms with E-state index in [4.69, 9.17) is 23.2 Å². The number of nitrogens with zero attached hydrogens (tertiary/aromatic N) is 2. The van der Waals surface area contributed by atoms with Crippen LogP contribution in [0.25, 0.3) is 0 Å². The minimum atomic E-state index is -1.21. The molecule has 8 heteroatoms. The summed E-state index contributed by atoms with van der Waals surface area (Å²) >= 11 is 12.8. The fraction of sp³-hybridized carbons (Fsp3) is 0.333. The second-order valence-electron chi connectivity index (χ2n) is 4.60. The first-order valence-electron chi connectivity index (χ1n) is 5.74. The van der Waals surface area contributed by atoms with Crippen molar-refractivity contribution >= 4 is 40.4 Å². The van der Waals surface area contributed by atoms with Gasteiger partial charge in [-0.15, -0.1) is 11.3 Å². The van der Waals surface area contributed by atoms with Gasteiger partial charge < -0.3 is 10.4 Å². The molecule has 0 aliphatic heterocycles. The molecule has 5 nitrogen and oxygen atoms in total. The lowest BCUT2D eigenvalue weighted by atomic mass is 10.00. The summed E-state index contributed by atoms with van der Waals surface area (Å²) in [6.07, 6.45) is 3.25. The third kappa shape index (κ3) is 3.32. The fourth-order valence-electron chi connectivity index (χ4n) is 1.64. The third-order valence-corrected chi connectivity index (χ3v) is 4.31. The highest BCUT2D eigenvalue weighted by Crippen LogP contribution is 2.31. The highest BCUT2D eigenvalue weighted by molar-refractivity contribution is 7.20. The van der Waals surface area contributed by atoms with E-state index >= 15 is 0 Å². The fourth-order valence-corrected chi connectivity index (χ4v) is 3.10. The van der Waals surface area contributed by atoms with E-state index in [0.717, 1.165) is 11.3 Å². The van der Waals surface area contributed by atoms with Crippen molar-refractivity contribution < 1.29 is 9.90 Å². The number of rotatable bonds is 4. The van der Waals surface area contributed by atoms with Crippen molar-refractivity contribution in [3.63, 3.8) is 0 Å². The predicted octanol–water partition coefficient (Wildman–Crippen LogP) is 2.43. The summed E-state index contributed by atoms with van der Waals surface area (Å²) in [5.74, 6) is -0.373. The van der Waals surface area contributed by atoms with Gasteiger partial charge in [0.25, 0.3) is 5.91 Å². The maximum atomic E-state index is 12.0. The molecule has 2 aromatic rings. The van der Waals surface area contributed by atoms with Gasteiger partial charge in [-0.2, -0.15) is 5.10 Å². The van der Waals surface area contributed by atoms with Gasteiger partial charge in [0.05, 0.1) is 22.6 Å². The number of amides is 1. The van der Waals surface area contributed by atoms with E-state index in [2.05, 4.69) is 10.4 Å². The monoisotopic (exact) mass is 333 g/mol. The van der Waals surface area contributed by atoms with Crippen LogP contribution in [0.2, 0.25) is 8.67 Å². The maximum Gasteiger partial charge on any atom is 0.253 e. The summed E-state index contributed by atoms with van der Waals surface area (Å²) < 4.78 is 2.36. The number of hydrogen-bond acceptors (Lipinski definition) is 4. The maximum absolute atomic E-state index is 12.0. The van der Waals surface area contributed by atoms with Crippen LogP contribution in [0.15, 0.2) is 18.5 Å². The summed E-state index contributed by atoms with van der Waals surface area (Å²) in [6, 6.07) is 1.50. The smallest absolute Gasteiger partial charge is 0.253 e. The number of hydrogen-bond donors (Lipinski definition) is 2. The van der Waals surface area contributed by atoms with Gasteiger partial charge in [0.1, 0.15) is 9.94 Å². The first kappa shape index (κ1) is 15.3. The average molecular weight is 334 g/mol. The normalized spacial score (nSPS) is 14.1. The highest BCUT2D eigenvalue weighted by atomic mass is 35.5. The van der Waals surface area contributed by atoms with E-state index in [-0.39, 0.29) is 12.5 Å². The molecule has 2 N–H and O–H groups in total. The van der Waals surface area contributed by atoms with E-state index in [1.807, 2.05) is 0 Å². The molecule has 1 unspecified atom stereocenters. The molecule has 0 aliphatic rings. The third-order valence-electron chi connectivity index (χ3n) is 2.82. The Morgan fingerprint density at radius 1 is 1.60 bits per heavy atom. The molecule has 0 spiro atoms. The standard InChI is InChI=1S/C12H13Cl2N3O2S/c1-12(19,7-4-16-17(2)5-7)6-15-11(18)8-3-9(13)20-10(8)14/h3-5,19H,6H2,1-2H3,(H,15,18). The lowest BCUT2D eigenvalue weighted by molar-refractivity contribution is 0.0526. The zero-order valence-electron chi connectivity index (χ0n) is 10.9. The van der Waals surface area contributed by atoms with Gasteiger partial charge >= 0.3 is 0 Å². The predicted molar refractivity (Wildman–Crippen MR) is 79.5 cm³/mol. The van der Waals surface area contributed by atoms with Gasteiger partial charge in [0.15, 0.2) is 0 Å². The topological polar surface area (TPSA) is 67.2 Å². The van der Waals surface area contributed by atoms with Crippen molar-refractivity contribution in [2.24, 2.45) is 7.05 Å². The number of carbonyl (C=O) groups excluding carboxylic acids is 1. The minimum Gasteiger partial charge on any atom is -0.383 e. The van der Waals surface area contributed by atoms with Gasteiger partial charge in [-0.1, -0.05) is 23.2 Å². The zero-order valence-corrected chi connectivity index (χ0v) is 13.2. The van der Waals surface area contributed by atoms with Crippen LogP contribution in [-0.4, -0.2) is 27.3 Å². The molecule has 20 heavy (non-hydrogen) atoms. The summed E-state index contributed by atoms with van der Waals surface area (Å²) in [5, 5.41) is 17.0. The van der Waals surface area contributed by atoms with Crippen molar-refractivity contribution in [2.75, 3.05) is 6.54 Å². The van der Waals surface area contributed by atoms with E-state index in [1.54, 1.807) is 31.0 Å². The number of aryl methyl sites for hydroxylation is 1. The molecule has 2 aromatic heterocycles. The van der Waals surface area contributed by atoms with E-state index in [1.165, 1.54) is 6.07 Å². The van der Waals surface area contributed by atoms with Gasteiger partial charge in [0, 0.05) is 18.8 Å². The van der Waals surface area contributed by atoms with Crippen molar-refractivity contribution in [2.45, 2.75) is 12.5 Å². The lowest BCUT2D eigenvalue weighted by Crippen LogP contribution is -2.38. The Bertz CT molecular complexity index is 636. The molecule has 0 aromatic carbocycles. The largest absolute Gasteiger partial charge is 0.383 e. The Morgan fingerprint density at radius 3 is 2.80 bits per heavy atom. The Labute approximate surface area is 130 Å². The molecule has 0 bridgehead atoms. The quantitative estimate of drug-likeness (QED) is 0.902. The van der Waals surface area contributed by atoms with Crippen LogP contribution in [0.5, 0.6) is 0 Å². The minimum absolute atomic E-state index is 0.0430. The molecule has 0 saturated carbocycles.